The van der Waals surface area contributed by atoms with Crippen LogP contribution in [0.1, 0.15) is 43.4 Å². The highest BCUT2D eigenvalue weighted by Crippen LogP contribution is 2.30. The Bertz CT molecular complexity index is 1400. The first-order valence-corrected chi connectivity index (χ1v) is 15.8. The Morgan fingerprint density at radius 1 is 0.927 bits per heavy atom. The Kier molecular flexibility index (Phi) is 11.8. The van der Waals surface area contributed by atoms with Crippen LogP contribution in [0.3, 0.4) is 0 Å². The van der Waals surface area contributed by atoms with Crippen LogP contribution in [-0.2, 0) is 32.6 Å². The number of sulfonamides is 1. The van der Waals surface area contributed by atoms with Crippen molar-refractivity contribution in [1.82, 2.24) is 10.2 Å². The minimum Gasteiger partial charge on any atom is -0.492 e. The van der Waals surface area contributed by atoms with E-state index in [1.807, 2.05) is 75.4 Å². The fraction of sp³-hybridized carbons (Fsp3) is 0.375. The molecule has 2 amide bonds. The van der Waals surface area contributed by atoms with Crippen LogP contribution in [0, 0.1) is 6.92 Å². The van der Waals surface area contributed by atoms with Gasteiger partial charge < -0.3 is 15.0 Å². The van der Waals surface area contributed by atoms with Crippen molar-refractivity contribution in [3.8, 4) is 5.75 Å². The Labute approximate surface area is 244 Å². The standard InChI is InChI=1S/C32H41N3O5S/c1-5-33-32(37)29(23-26-15-8-7-9-16-26)34(24-27-17-12-14-25(3)22-27)31(36)20-13-21-35(41(4,38)39)28-18-10-11-19-30(28)40-6-2/h7-12,14-19,22,29H,5-6,13,20-21,23-24H2,1-4H3,(H,33,37)/t29-/m1/s1. The van der Waals surface area contributed by atoms with Gasteiger partial charge in [0.25, 0.3) is 0 Å². The number of anilines is 1. The van der Waals surface area contributed by atoms with Crippen molar-refractivity contribution in [2.24, 2.45) is 0 Å². The van der Waals surface area contributed by atoms with Gasteiger partial charge >= 0.3 is 0 Å². The Balaban J connectivity index is 1.88. The zero-order valence-corrected chi connectivity index (χ0v) is 25.2. The van der Waals surface area contributed by atoms with E-state index in [0.29, 0.717) is 31.0 Å². The maximum atomic E-state index is 13.9. The van der Waals surface area contributed by atoms with E-state index >= 15 is 0 Å². The normalized spacial score (nSPS) is 11.9. The Morgan fingerprint density at radius 2 is 1.61 bits per heavy atom. The lowest BCUT2D eigenvalue weighted by molar-refractivity contribution is -0.141. The third-order valence-electron chi connectivity index (χ3n) is 6.64. The highest BCUT2D eigenvalue weighted by Gasteiger charge is 2.30. The molecule has 0 unspecified atom stereocenters. The molecule has 3 rings (SSSR count). The lowest BCUT2D eigenvalue weighted by Gasteiger charge is -2.32. The van der Waals surface area contributed by atoms with E-state index < -0.39 is 16.1 Å². The van der Waals surface area contributed by atoms with Gasteiger partial charge in [-0.2, -0.15) is 0 Å². The molecule has 1 atom stereocenters. The van der Waals surface area contributed by atoms with Gasteiger partial charge in [-0.1, -0.05) is 72.3 Å². The minimum absolute atomic E-state index is 0.0688. The van der Waals surface area contributed by atoms with E-state index in [9.17, 15) is 18.0 Å². The van der Waals surface area contributed by atoms with Crippen molar-refractivity contribution in [3.05, 3.63) is 95.6 Å². The molecule has 0 bridgehead atoms. The van der Waals surface area contributed by atoms with E-state index in [2.05, 4.69) is 5.32 Å². The summed E-state index contributed by atoms with van der Waals surface area (Å²) in [6.07, 6.45) is 1.84. The number of amides is 2. The van der Waals surface area contributed by atoms with Crippen molar-refractivity contribution in [2.45, 2.75) is 52.6 Å². The van der Waals surface area contributed by atoms with Gasteiger partial charge in [-0.05, 0) is 50.5 Å². The second kappa shape index (κ2) is 15.2. The molecule has 0 radical (unpaired) electrons. The third-order valence-corrected chi connectivity index (χ3v) is 7.82. The fourth-order valence-electron chi connectivity index (χ4n) is 4.78. The second-order valence-electron chi connectivity index (χ2n) is 9.95. The van der Waals surface area contributed by atoms with E-state index in [0.717, 1.165) is 22.9 Å². The number of carbonyl (C=O) groups is 2. The molecule has 0 aliphatic heterocycles. The SMILES string of the molecule is CCNC(=O)[C@@H](Cc1ccccc1)N(Cc1cccc(C)c1)C(=O)CCCN(c1ccccc1OCC)S(C)(=O)=O. The van der Waals surface area contributed by atoms with Crippen LogP contribution in [0.2, 0.25) is 0 Å². The van der Waals surface area contributed by atoms with Gasteiger partial charge in [0.05, 0.1) is 18.6 Å². The third kappa shape index (κ3) is 9.35. The molecule has 0 aliphatic carbocycles. The van der Waals surface area contributed by atoms with Crippen LogP contribution in [-0.4, -0.2) is 57.1 Å². The van der Waals surface area contributed by atoms with Gasteiger partial charge in [-0.3, -0.25) is 13.9 Å². The van der Waals surface area contributed by atoms with Crippen molar-refractivity contribution in [2.75, 3.05) is 30.3 Å². The number of hydrogen-bond acceptors (Lipinski definition) is 5. The molecule has 0 heterocycles. The van der Waals surface area contributed by atoms with E-state index in [-0.39, 0.29) is 37.7 Å². The molecule has 8 nitrogen and oxygen atoms in total. The van der Waals surface area contributed by atoms with Crippen LogP contribution in [0.15, 0.2) is 78.9 Å². The molecule has 9 heteroatoms. The average Bonchev–Trinajstić information content (AvgIpc) is 2.93. The number of likely N-dealkylation sites (N-methyl/N-ethyl adjacent to an activating group) is 1. The summed E-state index contributed by atoms with van der Waals surface area (Å²) in [5.74, 6) is 0.0259. The number of aryl methyl sites for hydroxylation is 1. The first-order chi connectivity index (χ1) is 19.6. The number of para-hydroxylation sites is 2. The zero-order chi connectivity index (χ0) is 29.8. The summed E-state index contributed by atoms with van der Waals surface area (Å²) in [6.45, 7) is 6.87. The molecule has 3 aromatic carbocycles. The van der Waals surface area contributed by atoms with Gasteiger partial charge in [0.1, 0.15) is 11.8 Å². The van der Waals surface area contributed by atoms with Crippen LogP contribution in [0.5, 0.6) is 5.75 Å². The van der Waals surface area contributed by atoms with Gasteiger partial charge in [0.15, 0.2) is 0 Å². The summed E-state index contributed by atoms with van der Waals surface area (Å²) in [4.78, 5) is 28.8. The summed E-state index contributed by atoms with van der Waals surface area (Å²) in [7, 11) is -3.64. The smallest absolute Gasteiger partial charge is 0.243 e. The number of rotatable bonds is 15. The number of nitrogens with one attached hydrogen (secondary N) is 1. The summed E-state index contributed by atoms with van der Waals surface area (Å²) in [5.41, 5.74) is 3.36. The fourth-order valence-corrected chi connectivity index (χ4v) is 5.75. The maximum absolute atomic E-state index is 13.9. The van der Waals surface area contributed by atoms with Crippen molar-refractivity contribution < 1.29 is 22.7 Å². The van der Waals surface area contributed by atoms with Crippen LogP contribution in [0.25, 0.3) is 0 Å². The number of carbonyl (C=O) groups excluding carboxylic acids is 2. The van der Waals surface area contributed by atoms with Gasteiger partial charge in [-0.25, -0.2) is 8.42 Å². The molecule has 41 heavy (non-hydrogen) atoms. The van der Waals surface area contributed by atoms with E-state index in [1.165, 1.54) is 4.31 Å². The van der Waals surface area contributed by atoms with Crippen LogP contribution < -0.4 is 14.4 Å². The Hall–Kier alpha value is -3.85. The monoisotopic (exact) mass is 579 g/mol. The number of nitrogens with zero attached hydrogens (tertiary/aromatic N) is 2. The highest BCUT2D eigenvalue weighted by molar-refractivity contribution is 7.92. The van der Waals surface area contributed by atoms with Crippen molar-refractivity contribution >= 4 is 27.5 Å². The lowest BCUT2D eigenvalue weighted by atomic mass is 10.0. The first kappa shape index (κ1) is 31.7. The molecular weight excluding hydrogens is 538 g/mol. The second-order valence-corrected chi connectivity index (χ2v) is 11.9. The molecule has 1 N–H and O–H groups in total. The summed E-state index contributed by atoms with van der Waals surface area (Å²) in [6, 6.07) is 23.7. The predicted octanol–water partition coefficient (Wildman–Crippen LogP) is 4.72. The molecule has 0 aromatic heterocycles. The van der Waals surface area contributed by atoms with Crippen LogP contribution >= 0.6 is 0 Å². The quantitative estimate of drug-likeness (QED) is 0.281. The van der Waals surface area contributed by atoms with Gasteiger partial charge in [0.2, 0.25) is 21.8 Å². The molecule has 0 saturated carbocycles. The molecule has 0 aliphatic rings. The molecule has 220 valence electrons. The van der Waals surface area contributed by atoms with Gasteiger partial charge in [-0.15, -0.1) is 0 Å². The summed E-state index contributed by atoms with van der Waals surface area (Å²) in [5, 5.41) is 2.90. The molecule has 0 saturated heterocycles. The highest BCUT2D eigenvalue weighted by atomic mass is 32.2. The first-order valence-electron chi connectivity index (χ1n) is 14.0. The number of hydrogen-bond donors (Lipinski definition) is 1. The summed E-state index contributed by atoms with van der Waals surface area (Å²) >= 11 is 0. The number of ether oxygens (including phenoxy) is 1. The van der Waals surface area contributed by atoms with E-state index in [1.54, 1.807) is 29.2 Å². The summed E-state index contributed by atoms with van der Waals surface area (Å²) < 4.78 is 32.5. The largest absolute Gasteiger partial charge is 0.492 e. The maximum Gasteiger partial charge on any atom is 0.243 e. The molecule has 0 fully saturated rings. The van der Waals surface area contributed by atoms with Crippen molar-refractivity contribution in [3.63, 3.8) is 0 Å². The molecule has 3 aromatic rings. The van der Waals surface area contributed by atoms with Crippen LogP contribution in [0.4, 0.5) is 5.69 Å². The minimum atomic E-state index is -3.64. The van der Waals surface area contributed by atoms with Crippen molar-refractivity contribution in [1.29, 1.82) is 0 Å². The number of benzene rings is 3. The Morgan fingerprint density at radius 3 is 2.27 bits per heavy atom. The predicted molar refractivity (Wildman–Crippen MR) is 163 cm³/mol. The molecule has 0 spiro atoms. The van der Waals surface area contributed by atoms with Gasteiger partial charge in [0, 0.05) is 32.5 Å². The topological polar surface area (TPSA) is 96.0 Å². The molecular formula is C32H41N3O5S. The average molecular weight is 580 g/mol. The zero-order valence-electron chi connectivity index (χ0n) is 24.4. The van der Waals surface area contributed by atoms with E-state index in [4.69, 9.17) is 4.74 Å². The lowest BCUT2D eigenvalue weighted by Crippen LogP contribution is -2.50.